The molecular formula is C14H21ClN2O. The first-order valence-electron chi connectivity index (χ1n) is 6.42. The zero-order chi connectivity index (χ0) is 13.8. The van der Waals surface area contributed by atoms with Gasteiger partial charge in [0, 0.05) is 17.4 Å². The van der Waals surface area contributed by atoms with Gasteiger partial charge in [0.05, 0.1) is 10.6 Å². The van der Waals surface area contributed by atoms with E-state index in [4.69, 9.17) is 11.6 Å². The summed E-state index contributed by atoms with van der Waals surface area (Å²) in [7, 11) is 0. The summed E-state index contributed by atoms with van der Waals surface area (Å²) < 4.78 is 0. The summed E-state index contributed by atoms with van der Waals surface area (Å²) in [5.74, 6) is -0.141. The zero-order valence-electron chi connectivity index (χ0n) is 11.5. The number of aryl methyl sites for hydroxylation is 1. The highest BCUT2D eigenvalue weighted by Gasteiger charge is 2.27. The van der Waals surface area contributed by atoms with Crippen molar-refractivity contribution in [2.75, 3.05) is 0 Å². The monoisotopic (exact) mass is 268 g/mol. The van der Waals surface area contributed by atoms with E-state index in [0.717, 1.165) is 25.0 Å². The maximum Gasteiger partial charge on any atom is 0.254 e. The second-order valence-electron chi connectivity index (χ2n) is 4.60. The van der Waals surface area contributed by atoms with Crippen LogP contribution in [0.25, 0.3) is 0 Å². The van der Waals surface area contributed by atoms with Crippen molar-refractivity contribution in [1.29, 1.82) is 0 Å². The fraction of sp³-hybridized carbons (Fsp3) is 0.571. The predicted octanol–water partition coefficient (Wildman–Crippen LogP) is 3.74. The van der Waals surface area contributed by atoms with E-state index in [9.17, 15) is 4.79 Å². The molecule has 0 aliphatic rings. The Morgan fingerprint density at radius 3 is 2.33 bits per heavy atom. The highest BCUT2D eigenvalue weighted by molar-refractivity contribution is 6.33. The molecule has 0 saturated carbocycles. The largest absolute Gasteiger partial charge is 0.347 e. The van der Waals surface area contributed by atoms with E-state index >= 15 is 0 Å². The van der Waals surface area contributed by atoms with Gasteiger partial charge in [0.15, 0.2) is 0 Å². The van der Waals surface area contributed by atoms with Crippen LogP contribution in [0.1, 0.15) is 56.1 Å². The van der Waals surface area contributed by atoms with Crippen molar-refractivity contribution in [3.8, 4) is 0 Å². The number of halogens is 1. The molecule has 100 valence electrons. The summed E-state index contributed by atoms with van der Waals surface area (Å²) >= 11 is 6.08. The molecule has 0 atom stereocenters. The molecule has 1 aromatic heterocycles. The molecule has 0 spiro atoms. The lowest BCUT2D eigenvalue weighted by atomic mass is 9.89. The van der Waals surface area contributed by atoms with Gasteiger partial charge in [-0.3, -0.25) is 9.78 Å². The molecule has 1 aromatic rings. The van der Waals surface area contributed by atoms with Crippen LogP contribution in [0.15, 0.2) is 12.3 Å². The minimum absolute atomic E-state index is 0.141. The minimum Gasteiger partial charge on any atom is -0.347 e. The van der Waals surface area contributed by atoms with Gasteiger partial charge in [0.1, 0.15) is 0 Å². The Morgan fingerprint density at radius 2 is 1.89 bits per heavy atom. The quantitative estimate of drug-likeness (QED) is 0.884. The van der Waals surface area contributed by atoms with Gasteiger partial charge in [-0.25, -0.2) is 0 Å². The predicted molar refractivity (Wildman–Crippen MR) is 75.1 cm³/mol. The van der Waals surface area contributed by atoms with Crippen molar-refractivity contribution in [2.24, 2.45) is 0 Å². The van der Waals surface area contributed by atoms with Crippen molar-refractivity contribution in [1.82, 2.24) is 10.3 Å². The standard InChI is InChI=1S/C14H21ClN2O/c1-5-14(6-2,7-3)17-13(18)11-9-16-10(4)8-12(11)15/h8-9H,5-7H2,1-4H3,(H,17,18). The Labute approximate surface area is 114 Å². The molecule has 3 nitrogen and oxygen atoms in total. The summed E-state index contributed by atoms with van der Waals surface area (Å²) in [6, 6.07) is 1.71. The van der Waals surface area contributed by atoms with Crippen LogP contribution in [0.2, 0.25) is 5.02 Å². The normalized spacial score (nSPS) is 11.4. The van der Waals surface area contributed by atoms with Gasteiger partial charge in [0.25, 0.3) is 5.91 Å². The van der Waals surface area contributed by atoms with Crippen LogP contribution < -0.4 is 5.32 Å². The van der Waals surface area contributed by atoms with Crippen molar-refractivity contribution >= 4 is 17.5 Å². The molecule has 0 unspecified atom stereocenters. The Bertz CT molecular complexity index is 420. The molecule has 0 aliphatic carbocycles. The number of amides is 1. The Kier molecular flexibility index (Phi) is 5.15. The van der Waals surface area contributed by atoms with E-state index in [0.29, 0.717) is 10.6 Å². The first kappa shape index (κ1) is 15.0. The number of carbonyl (C=O) groups is 1. The van der Waals surface area contributed by atoms with E-state index in [1.807, 2.05) is 6.92 Å². The number of hydrogen-bond acceptors (Lipinski definition) is 2. The fourth-order valence-corrected chi connectivity index (χ4v) is 2.31. The lowest BCUT2D eigenvalue weighted by molar-refractivity contribution is 0.0888. The Balaban J connectivity index is 2.94. The van der Waals surface area contributed by atoms with E-state index in [1.54, 1.807) is 12.3 Å². The van der Waals surface area contributed by atoms with Crippen molar-refractivity contribution in [3.63, 3.8) is 0 Å². The maximum absolute atomic E-state index is 12.2. The lowest BCUT2D eigenvalue weighted by Gasteiger charge is -2.31. The van der Waals surface area contributed by atoms with Crippen LogP contribution in [0, 0.1) is 6.92 Å². The molecule has 1 N–H and O–H groups in total. The van der Waals surface area contributed by atoms with Crippen LogP contribution in [-0.2, 0) is 0 Å². The van der Waals surface area contributed by atoms with Crippen molar-refractivity contribution < 1.29 is 4.79 Å². The molecular weight excluding hydrogens is 248 g/mol. The maximum atomic E-state index is 12.2. The van der Waals surface area contributed by atoms with Gasteiger partial charge in [-0.1, -0.05) is 32.4 Å². The number of carbonyl (C=O) groups excluding carboxylic acids is 1. The lowest BCUT2D eigenvalue weighted by Crippen LogP contribution is -2.47. The molecule has 18 heavy (non-hydrogen) atoms. The van der Waals surface area contributed by atoms with Crippen LogP contribution in [0.3, 0.4) is 0 Å². The van der Waals surface area contributed by atoms with Gasteiger partial charge in [-0.2, -0.15) is 0 Å². The van der Waals surface area contributed by atoms with Crippen molar-refractivity contribution in [2.45, 2.75) is 52.5 Å². The summed E-state index contributed by atoms with van der Waals surface area (Å²) in [6.07, 6.45) is 4.26. The molecule has 0 bridgehead atoms. The van der Waals surface area contributed by atoms with E-state index in [1.165, 1.54) is 0 Å². The summed E-state index contributed by atoms with van der Waals surface area (Å²) in [5, 5.41) is 3.55. The average Bonchev–Trinajstić information content (AvgIpc) is 2.36. The number of nitrogens with one attached hydrogen (secondary N) is 1. The zero-order valence-corrected chi connectivity index (χ0v) is 12.3. The van der Waals surface area contributed by atoms with E-state index in [2.05, 4.69) is 31.1 Å². The van der Waals surface area contributed by atoms with Gasteiger partial charge < -0.3 is 5.32 Å². The van der Waals surface area contributed by atoms with E-state index in [-0.39, 0.29) is 11.4 Å². The molecule has 0 radical (unpaired) electrons. The van der Waals surface area contributed by atoms with E-state index < -0.39 is 0 Å². The number of hydrogen-bond donors (Lipinski definition) is 1. The number of aromatic nitrogens is 1. The van der Waals surface area contributed by atoms with Crippen molar-refractivity contribution in [3.05, 3.63) is 28.5 Å². The van der Waals surface area contributed by atoms with Gasteiger partial charge in [0.2, 0.25) is 0 Å². The van der Waals surface area contributed by atoms with Gasteiger partial charge >= 0.3 is 0 Å². The van der Waals surface area contributed by atoms with Gasteiger partial charge in [-0.15, -0.1) is 0 Å². The molecule has 0 fully saturated rings. The number of rotatable bonds is 5. The second kappa shape index (κ2) is 6.19. The van der Waals surface area contributed by atoms with Crippen LogP contribution >= 0.6 is 11.6 Å². The smallest absolute Gasteiger partial charge is 0.254 e. The SMILES string of the molecule is CCC(CC)(CC)NC(=O)c1cnc(C)cc1Cl. The van der Waals surface area contributed by atoms with Crippen LogP contribution in [-0.4, -0.2) is 16.4 Å². The molecule has 4 heteroatoms. The highest BCUT2D eigenvalue weighted by Crippen LogP contribution is 2.22. The number of pyridine rings is 1. The highest BCUT2D eigenvalue weighted by atomic mass is 35.5. The first-order chi connectivity index (χ1) is 8.48. The first-order valence-corrected chi connectivity index (χ1v) is 6.80. The molecule has 1 rings (SSSR count). The Hall–Kier alpha value is -1.09. The summed E-state index contributed by atoms with van der Waals surface area (Å²) in [6.45, 7) is 8.11. The fourth-order valence-electron chi connectivity index (χ4n) is 2.02. The second-order valence-corrected chi connectivity index (χ2v) is 5.01. The minimum atomic E-state index is -0.148. The topological polar surface area (TPSA) is 42.0 Å². The Morgan fingerprint density at radius 1 is 1.33 bits per heavy atom. The van der Waals surface area contributed by atoms with Crippen LogP contribution in [0.4, 0.5) is 0 Å². The molecule has 1 heterocycles. The molecule has 0 saturated heterocycles. The van der Waals surface area contributed by atoms with Gasteiger partial charge in [-0.05, 0) is 32.3 Å². The third-order valence-corrected chi connectivity index (χ3v) is 3.96. The third-order valence-electron chi connectivity index (χ3n) is 3.64. The molecule has 1 amide bonds. The summed E-state index contributed by atoms with van der Waals surface area (Å²) in [4.78, 5) is 16.4. The third kappa shape index (κ3) is 3.22. The van der Waals surface area contributed by atoms with Crippen LogP contribution in [0.5, 0.6) is 0 Å². The average molecular weight is 269 g/mol. The summed E-state index contributed by atoms with van der Waals surface area (Å²) in [5.41, 5.74) is 1.11. The molecule has 0 aromatic carbocycles. The number of nitrogens with zero attached hydrogens (tertiary/aromatic N) is 1. The molecule has 0 aliphatic heterocycles.